The Balaban J connectivity index is 1.34. The third-order valence-electron chi connectivity index (χ3n) is 4.65. The van der Waals surface area contributed by atoms with Crippen LogP contribution in [0, 0.1) is 13.8 Å². The zero-order chi connectivity index (χ0) is 18.8. The van der Waals surface area contributed by atoms with Gasteiger partial charge < -0.3 is 15.1 Å². The van der Waals surface area contributed by atoms with Gasteiger partial charge in [0.05, 0.1) is 11.2 Å². The van der Waals surface area contributed by atoms with E-state index in [1.165, 1.54) is 21.6 Å². The third-order valence-corrected chi connectivity index (χ3v) is 5.47. The van der Waals surface area contributed by atoms with Gasteiger partial charge in [0.25, 0.3) is 0 Å². The highest BCUT2D eigenvalue weighted by atomic mass is 32.1. The zero-order valence-corrected chi connectivity index (χ0v) is 16.3. The van der Waals surface area contributed by atoms with Crippen molar-refractivity contribution in [3.05, 3.63) is 47.5 Å². The third kappa shape index (κ3) is 3.85. The fourth-order valence-corrected chi connectivity index (χ4v) is 4.16. The predicted molar refractivity (Wildman–Crippen MR) is 107 cm³/mol. The molecule has 1 N–H and O–H groups in total. The summed E-state index contributed by atoms with van der Waals surface area (Å²) in [6, 6.07) is 10.1. The number of anilines is 1. The zero-order valence-electron chi connectivity index (χ0n) is 15.5. The Morgan fingerprint density at radius 2 is 1.81 bits per heavy atom. The molecule has 1 aliphatic rings. The number of nitrogens with one attached hydrogen (secondary N) is 1. The second-order valence-electron chi connectivity index (χ2n) is 6.70. The van der Waals surface area contributed by atoms with Gasteiger partial charge in [0.15, 0.2) is 0 Å². The molecule has 1 aliphatic heterocycles. The van der Waals surface area contributed by atoms with Gasteiger partial charge in [-0.15, -0.1) is 0 Å². The molecule has 0 atom stereocenters. The van der Waals surface area contributed by atoms with E-state index >= 15 is 0 Å². The molecule has 140 valence electrons. The Bertz CT molecular complexity index is 943. The fourth-order valence-electron chi connectivity index (χ4n) is 3.37. The molecule has 0 radical (unpaired) electrons. The van der Waals surface area contributed by atoms with Crippen LogP contribution in [0.5, 0.6) is 0 Å². The first kappa shape index (κ1) is 17.7. The highest BCUT2D eigenvalue weighted by Gasteiger charge is 2.23. The number of piperazine rings is 1. The molecule has 7 nitrogen and oxygen atoms in total. The smallest absolute Gasteiger partial charge is 0.317 e. The number of aryl methyl sites for hydroxylation is 2. The molecule has 0 aliphatic carbocycles. The van der Waals surface area contributed by atoms with Crippen LogP contribution in [0.25, 0.3) is 10.1 Å². The summed E-state index contributed by atoms with van der Waals surface area (Å²) in [5.74, 6) is 1.67. The Morgan fingerprint density at radius 1 is 1.11 bits per heavy atom. The molecule has 8 heteroatoms. The number of hydrogen-bond acceptors (Lipinski definition) is 6. The lowest BCUT2D eigenvalue weighted by atomic mass is 10.2. The number of aromatic nitrogens is 3. The summed E-state index contributed by atoms with van der Waals surface area (Å²) in [4.78, 5) is 25.3. The van der Waals surface area contributed by atoms with E-state index in [1.807, 2.05) is 36.9 Å². The van der Waals surface area contributed by atoms with E-state index < -0.39 is 0 Å². The molecule has 27 heavy (non-hydrogen) atoms. The summed E-state index contributed by atoms with van der Waals surface area (Å²) in [7, 11) is 0. The summed E-state index contributed by atoms with van der Waals surface area (Å²) in [5, 5.41) is 4.12. The highest BCUT2D eigenvalue weighted by molar-refractivity contribution is 7.13. The van der Waals surface area contributed by atoms with Gasteiger partial charge in [0, 0.05) is 43.0 Å². The maximum Gasteiger partial charge on any atom is 0.317 e. The SMILES string of the molecule is Cc1cc(C)nc(CNC(=O)N2CCN(c3nsc4ccccc34)CC2)n1. The van der Waals surface area contributed by atoms with Crippen LogP contribution < -0.4 is 10.2 Å². The minimum absolute atomic E-state index is 0.0689. The number of benzene rings is 1. The lowest BCUT2D eigenvalue weighted by Gasteiger charge is -2.35. The first-order valence-corrected chi connectivity index (χ1v) is 9.81. The van der Waals surface area contributed by atoms with Gasteiger partial charge in [-0.1, -0.05) is 12.1 Å². The number of fused-ring (bicyclic) bond motifs is 1. The molecule has 1 aromatic carbocycles. The molecule has 0 saturated carbocycles. The Morgan fingerprint density at radius 3 is 2.56 bits per heavy atom. The van der Waals surface area contributed by atoms with Crippen molar-refractivity contribution in [2.24, 2.45) is 0 Å². The van der Waals surface area contributed by atoms with E-state index in [0.717, 1.165) is 30.3 Å². The average Bonchev–Trinajstić information content (AvgIpc) is 3.10. The van der Waals surface area contributed by atoms with Gasteiger partial charge in [-0.3, -0.25) is 0 Å². The molecule has 3 aromatic rings. The van der Waals surface area contributed by atoms with Gasteiger partial charge in [0.2, 0.25) is 0 Å². The van der Waals surface area contributed by atoms with Crippen LogP contribution in [-0.2, 0) is 6.54 Å². The number of carbonyl (C=O) groups excluding carboxylic acids is 1. The van der Waals surface area contributed by atoms with Gasteiger partial charge in [-0.25, -0.2) is 14.8 Å². The monoisotopic (exact) mass is 382 g/mol. The van der Waals surface area contributed by atoms with Crippen molar-refractivity contribution >= 4 is 33.5 Å². The van der Waals surface area contributed by atoms with Crippen molar-refractivity contribution in [3.8, 4) is 0 Å². The first-order valence-electron chi connectivity index (χ1n) is 9.03. The van der Waals surface area contributed by atoms with Gasteiger partial charge in [-0.05, 0) is 43.6 Å². The first-order chi connectivity index (χ1) is 13.1. The van der Waals surface area contributed by atoms with Crippen molar-refractivity contribution in [2.75, 3.05) is 31.1 Å². The summed E-state index contributed by atoms with van der Waals surface area (Å²) >= 11 is 1.52. The van der Waals surface area contributed by atoms with Crippen molar-refractivity contribution in [2.45, 2.75) is 20.4 Å². The number of amides is 2. The fraction of sp³-hybridized carbons (Fsp3) is 0.368. The quantitative estimate of drug-likeness (QED) is 0.754. The van der Waals surface area contributed by atoms with E-state index in [1.54, 1.807) is 0 Å². The highest BCUT2D eigenvalue weighted by Crippen LogP contribution is 2.29. The number of hydrogen-bond donors (Lipinski definition) is 1. The Hall–Kier alpha value is -2.74. The van der Waals surface area contributed by atoms with Crippen molar-refractivity contribution in [3.63, 3.8) is 0 Å². The lowest BCUT2D eigenvalue weighted by Crippen LogP contribution is -2.51. The van der Waals surface area contributed by atoms with Crippen LogP contribution in [0.15, 0.2) is 30.3 Å². The van der Waals surface area contributed by atoms with Crippen LogP contribution in [-0.4, -0.2) is 51.5 Å². The Labute approximate surface area is 162 Å². The summed E-state index contributed by atoms with van der Waals surface area (Å²) < 4.78 is 5.81. The summed E-state index contributed by atoms with van der Waals surface area (Å²) in [6.45, 7) is 7.11. The van der Waals surface area contributed by atoms with Gasteiger partial charge in [0.1, 0.15) is 11.6 Å². The lowest BCUT2D eigenvalue weighted by molar-refractivity contribution is 0.193. The molecule has 0 bridgehead atoms. The molecule has 2 amide bonds. The predicted octanol–water partition coefficient (Wildman–Crippen LogP) is 2.73. The van der Waals surface area contributed by atoms with Crippen LogP contribution >= 0.6 is 11.5 Å². The van der Waals surface area contributed by atoms with E-state index in [4.69, 9.17) is 0 Å². The van der Waals surface area contributed by atoms with Crippen LogP contribution in [0.4, 0.5) is 10.6 Å². The Kier molecular flexibility index (Phi) is 4.89. The second-order valence-corrected chi connectivity index (χ2v) is 7.51. The minimum Gasteiger partial charge on any atom is -0.352 e. The van der Waals surface area contributed by atoms with Crippen LogP contribution in [0.2, 0.25) is 0 Å². The van der Waals surface area contributed by atoms with Crippen LogP contribution in [0.3, 0.4) is 0 Å². The summed E-state index contributed by atoms with van der Waals surface area (Å²) in [6.07, 6.45) is 0. The molecule has 4 rings (SSSR count). The number of urea groups is 1. The average molecular weight is 382 g/mol. The van der Waals surface area contributed by atoms with E-state index in [9.17, 15) is 4.79 Å². The molecule has 1 saturated heterocycles. The van der Waals surface area contributed by atoms with E-state index in [0.29, 0.717) is 25.5 Å². The maximum absolute atomic E-state index is 12.5. The molecule has 1 fully saturated rings. The van der Waals surface area contributed by atoms with Crippen molar-refractivity contribution < 1.29 is 4.79 Å². The van der Waals surface area contributed by atoms with Crippen LogP contribution in [0.1, 0.15) is 17.2 Å². The molecular weight excluding hydrogens is 360 g/mol. The number of nitrogens with zero attached hydrogens (tertiary/aromatic N) is 5. The molecular formula is C19H22N6OS. The van der Waals surface area contributed by atoms with Gasteiger partial charge >= 0.3 is 6.03 Å². The molecule has 0 spiro atoms. The largest absolute Gasteiger partial charge is 0.352 e. The van der Waals surface area contributed by atoms with Crippen molar-refractivity contribution in [1.29, 1.82) is 0 Å². The summed E-state index contributed by atoms with van der Waals surface area (Å²) in [5.41, 5.74) is 1.83. The minimum atomic E-state index is -0.0689. The number of rotatable bonds is 3. The van der Waals surface area contributed by atoms with Gasteiger partial charge in [-0.2, -0.15) is 4.37 Å². The molecule has 0 unspecified atom stereocenters. The molecule has 2 aromatic heterocycles. The standard InChI is InChI=1S/C19H22N6OS/c1-13-11-14(2)22-17(21-13)12-20-19(26)25-9-7-24(8-10-25)18-15-5-3-4-6-16(15)27-23-18/h3-6,11H,7-10,12H2,1-2H3,(H,20,26). The maximum atomic E-state index is 12.5. The van der Waals surface area contributed by atoms with Crippen molar-refractivity contribution in [1.82, 2.24) is 24.6 Å². The number of carbonyl (C=O) groups is 1. The normalized spacial score (nSPS) is 14.6. The second kappa shape index (κ2) is 7.48. The van der Waals surface area contributed by atoms with E-state index in [-0.39, 0.29) is 6.03 Å². The topological polar surface area (TPSA) is 74.2 Å². The molecule has 3 heterocycles. The van der Waals surface area contributed by atoms with E-state index in [2.05, 4.69) is 36.7 Å².